The van der Waals surface area contributed by atoms with Crippen molar-refractivity contribution in [1.29, 1.82) is 0 Å². The molecule has 0 spiro atoms. The molecule has 0 saturated carbocycles. The van der Waals surface area contributed by atoms with Crippen LogP contribution in [0.2, 0.25) is 5.02 Å². The fraction of sp³-hybridized carbons (Fsp3) is 0.136. The summed E-state index contributed by atoms with van der Waals surface area (Å²) in [6.07, 6.45) is 1.58. The minimum atomic E-state index is -0.433. The van der Waals surface area contributed by atoms with Crippen LogP contribution < -0.4 is 10.1 Å². The maximum atomic E-state index is 12.4. The highest BCUT2D eigenvalue weighted by Gasteiger charge is 2.14. The maximum Gasteiger partial charge on any atom is 0.293 e. The van der Waals surface area contributed by atoms with Gasteiger partial charge in [-0.15, -0.1) is 5.10 Å². The van der Waals surface area contributed by atoms with Crippen molar-refractivity contribution in [2.24, 2.45) is 0 Å². The zero-order chi connectivity index (χ0) is 20.9. The third-order valence-corrected chi connectivity index (χ3v) is 4.65. The van der Waals surface area contributed by atoms with Gasteiger partial charge in [0.05, 0.1) is 6.54 Å². The first-order valence-corrected chi connectivity index (χ1v) is 9.67. The molecule has 0 aliphatic carbocycles. The molecule has 0 unspecified atom stereocenters. The van der Waals surface area contributed by atoms with Crippen LogP contribution in [0.4, 0.5) is 5.95 Å². The minimum absolute atomic E-state index is 0.148. The summed E-state index contributed by atoms with van der Waals surface area (Å²) >= 11 is 5.93. The second kappa shape index (κ2) is 8.84. The number of carbonyl (C=O) groups is 1. The summed E-state index contributed by atoms with van der Waals surface area (Å²) in [4.78, 5) is 16.6. The van der Waals surface area contributed by atoms with Crippen molar-refractivity contribution in [3.8, 4) is 5.75 Å². The number of hydrogen-bond donors (Lipinski definition) is 1. The van der Waals surface area contributed by atoms with E-state index < -0.39 is 5.91 Å². The van der Waals surface area contributed by atoms with Crippen LogP contribution in [0, 0.1) is 6.92 Å². The lowest BCUT2D eigenvalue weighted by atomic mass is 10.1. The van der Waals surface area contributed by atoms with Crippen LogP contribution in [0.15, 0.2) is 71.4 Å². The second-order valence-corrected chi connectivity index (χ2v) is 7.09. The molecule has 0 atom stereocenters. The SMILES string of the molecule is Cc1ccccc1Cn1cnc(NC(=O)c2ccc(COc3cccc(Cl)c3)o2)n1. The van der Waals surface area contributed by atoms with Crippen LogP contribution >= 0.6 is 11.6 Å². The molecule has 0 radical (unpaired) electrons. The molecule has 2 aromatic carbocycles. The third kappa shape index (κ3) is 4.87. The summed E-state index contributed by atoms with van der Waals surface area (Å²) in [5, 5.41) is 7.52. The van der Waals surface area contributed by atoms with E-state index in [1.54, 1.807) is 47.4 Å². The van der Waals surface area contributed by atoms with Gasteiger partial charge in [0.25, 0.3) is 5.91 Å². The lowest BCUT2D eigenvalue weighted by Gasteiger charge is -2.04. The average molecular weight is 423 g/mol. The van der Waals surface area contributed by atoms with Crippen molar-refractivity contribution in [2.75, 3.05) is 5.32 Å². The van der Waals surface area contributed by atoms with Gasteiger partial charge in [0.1, 0.15) is 24.4 Å². The fourth-order valence-corrected chi connectivity index (χ4v) is 3.02. The Balaban J connectivity index is 1.34. The average Bonchev–Trinajstić information content (AvgIpc) is 3.38. The van der Waals surface area contributed by atoms with E-state index in [1.807, 2.05) is 31.2 Å². The number of amides is 1. The van der Waals surface area contributed by atoms with Crippen LogP contribution in [0.25, 0.3) is 0 Å². The Hall–Kier alpha value is -3.58. The Morgan fingerprint density at radius 2 is 2.03 bits per heavy atom. The maximum absolute atomic E-state index is 12.4. The molecule has 1 N–H and O–H groups in total. The standard InChI is InChI=1S/C22H19ClN4O3/c1-15-5-2-3-6-16(15)12-27-14-24-22(26-27)25-21(28)20-10-9-19(30-20)13-29-18-8-4-7-17(23)11-18/h2-11,14H,12-13H2,1H3,(H,25,26,28). The van der Waals surface area contributed by atoms with Gasteiger partial charge >= 0.3 is 0 Å². The van der Waals surface area contributed by atoms with Crippen LogP contribution in [-0.2, 0) is 13.2 Å². The Morgan fingerprint density at radius 3 is 2.87 bits per heavy atom. The van der Waals surface area contributed by atoms with E-state index in [-0.39, 0.29) is 18.3 Å². The summed E-state index contributed by atoms with van der Waals surface area (Å²) in [6, 6.07) is 18.4. The predicted molar refractivity (Wildman–Crippen MR) is 113 cm³/mol. The highest BCUT2D eigenvalue weighted by atomic mass is 35.5. The first-order chi connectivity index (χ1) is 14.6. The molecule has 4 rings (SSSR count). The molecule has 1 amide bonds. The predicted octanol–water partition coefficient (Wildman–Crippen LogP) is 4.71. The number of nitrogens with zero attached hydrogens (tertiary/aromatic N) is 3. The van der Waals surface area contributed by atoms with E-state index in [0.717, 1.165) is 5.56 Å². The summed E-state index contributed by atoms with van der Waals surface area (Å²) in [5.74, 6) is 1.06. The molecule has 152 valence electrons. The Morgan fingerprint density at radius 1 is 1.17 bits per heavy atom. The molecule has 0 fully saturated rings. The van der Waals surface area contributed by atoms with Crippen LogP contribution in [0.3, 0.4) is 0 Å². The van der Waals surface area contributed by atoms with Gasteiger partial charge in [0.15, 0.2) is 5.76 Å². The molecule has 8 heteroatoms. The molecule has 30 heavy (non-hydrogen) atoms. The number of hydrogen-bond acceptors (Lipinski definition) is 5. The quantitative estimate of drug-likeness (QED) is 0.466. The van der Waals surface area contributed by atoms with Gasteiger partial charge in [-0.1, -0.05) is 41.9 Å². The van der Waals surface area contributed by atoms with E-state index >= 15 is 0 Å². The Bertz CT molecular complexity index is 1170. The number of aryl methyl sites for hydroxylation is 1. The lowest BCUT2D eigenvalue weighted by molar-refractivity contribution is 0.0991. The number of benzene rings is 2. The topological polar surface area (TPSA) is 82.2 Å². The highest BCUT2D eigenvalue weighted by Crippen LogP contribution is 2.19. The number of ether oxygens (including phenoxy) is 1. The largest absolute Gasteiger partial charge is 0.486 e. The first kappa shape index (κ1) is 19.7. The molecule has 0 saturated heterocycles. The Labute approximate surface area is 178 Å². The molecule has 4 aromatic rings. The van der Waals surface area contributed by atoms with Crippen molar-refractivity contribution < 1.29 is 13.9 Å². The Kier molecular flexibility index (Phi) is 5.81. The monoisotopic (exact) mass is 422 g/mol. The normalized spacial score (nSPS) is 10.7. The number of aromatic nitrogens is 3. The summed E-state index contributed by atoms with van der Waals surface area (Å²) in [5.41, 5.74) is 2.30. The van der Waals surface area contributed by atoms with Gasteiger partial charge < -0.3 is 9.15 Å². The van der Waals surface area contributed by atoms with Crippen molar-refractivity contribution in [3.63, 3.8) is 0 Å². The van der Waals surface area contributed by atoms with Crippen molar-refractivity contribution in [1.82, 2.24) is 14.8 Å². The number of rotatable bonds is 7. The molecule has 0 bridgehead atoms. The van der Waals surface area contributed by atoms with Crippen molar-refractivity contribution in [3.05, 3.63) is 94.7 Å². The second-order valence-electron chi connectivity index (χ2n) is 6.66. The zero-order valence-corrected chi connectivity index (χ0v) is 17.0. The van der Waals surface area contributed by atoms with Gasteiger partial charge in [-0.05, 0) is 48.4 Å². The number of anilines is 1. The van der Waals surface area contributed by atoms with E-state index in [0.29, 0.717) is 23.1 Å². The van der Waals surface area contributed by atoms with E-state index in [2.05, 4.69) is 15.4 Å². The van der Waals surface area contributed by atoms with Crippen LogP contribution in [0.1, 0.15) is 27.4 Å². The molecule has 2 heterocycles. The first-order valence-electron chi connectivity index (χ1n) is 9.29. The molecular formula is C22H19ClN4O3. The zero-order valence-electron chi connectivity index (χ0n) is 16.2. The van der Waals surface area contributed by atoms with Crippen molar-refractivity contribution >= 4 is 23.5 Å². The number of halogens is 1. The summed E-state index contributed by atoms with van der Waals surface area (Å²) in [7, 11) is 0. The molecular weight excluding hydrogens is 404 g/mol. The fourth-order valence-electron chi connectivity index (χ4n) is 2.84. The molecule has 0 aliphatic rings. The van der Waals surface area contributed by atoms with Gasteiger partial charge in [-0.25, -0.2) is 9.67 Å². The van der Waals surface area contributed by atoms with Crippen LogP contribution in [-0.4, -0.2) is 20.7 Å². The number of furan rings is 1. The lowest BCUT2D eigenvalue weighted by Crippen LogP contribution is -2.12. The van der Waals surface area contributed by atoms with E-state index in [4.69, 9.17) is 20.8 Å². The van der Waals surface area contributed by atoms with E-state index in [1.165, 1.54) is 5.56 Å². The van der Waals surface area contributed by atoms with Crippen molar-refractivity contribution in [2.45, 2.75) is 20.1 Å². The van der Waals surface area contributed by atoms with Gasteiger partial charge in [-0.2, -0.15) is 0 Å². The van der Waals surface area contributed by atoms with Gasteiger partial charge in [0, 0.05) is 5.02 Å². The highest BCUT2D eigenvalue weighted by molar-refractivity contribution is 6.30. The third-order valence-electron chi connectivity index (χ3n) is 4.42. The van der Waals surface area contributed by atoms with Crippen LogP contribution in [0.5, 0.6) is 5.75 Å². The molecule has 7 nitrogen and oxygen atoms in total. The van der Waals surface area contributed by atoms with Gasteiger partial charge in [-0.3, -0.25) is 10.1 Å². The molecule has 0 aliphatic heterocycles. The number of carbonyl (C=O) groups excluding carboxylic acids is 1. The summed E-state index contributed by atoms with van der Waals surface area (Å²) < 4.78 is 12.8. The summed E-state index contributed by atoms with van der Waals surface area (Å²) in [6.45, 7) is 2.79. The minimum Gasteiger partial charge on any atom is -0.486 e. The smallest absolute Gasteiger partial charge is 0.293 e. The van der Waals surface area contributed by atoms with E-state index in [9.17, 15) is 4.79 Å². The van der Waals surface area contributed by atoms with Gasteiger partial charge in [0.2, 0.25) is 5.95 Å². The molecule has 2 aromatic heterocycles. The number of nitrogens with one attached hydrogen (secondary N) is 1.